The highest BCUT2D eigenvalue weighted by Gasteiger charge is 2.31. The first-order chi connectivity index (χ1) is 14.5. The molecule has 0 radical (unpaired) electrons. The van der Waals surface area contributed by atoms with E-state index in [0.29, 0.717) is 33.6 Å². The van der Waals surface area contributed by atoms with Gasteiger partial charge in [0.25, 0.3) is 0 Å². The van der Waals surface area contributed by atoms with E-state index in [4.69, 9.17) is 4.74 Å². The van der Waals surface area contributed by atoms with Crippen molar-refractivity contribution in [3.05, 3.63) is 113 Å². The molecule has 1 aliphatic carbocycles. The summed E-state index contributed by atoms with van der Waals surface area (Å²) < 4.78 is 48.9. The number of alkyl halides is 2. The molecule has 2 unspecified atom stereocenters. The zero-order valence-electron chi connectivity index (χ0n) is 16.5. The van der Waals surface area contributed by atoms with Crippen LogP contribution in [0.15, 0.2) is 84.9 Å². The van der Waals surface area contributed by atoms with E-state index < -0.39 is 12.3 Å². The van der Waals surface area contributed by atoms with Crippen LogP contribution in [0.2, 0.25) is 0 Å². The largest absolute Gasteiger partial charge is 0.489 e. The minimum absolute atomic E-state index is 0.255. The molecule has 0 saturated heterocycles. The molecule has 1 nitrogen and oxygen atoms in total. The lowest BCUT2D eigenvalue weighted by Gasteiger charge is -2.24. The molecule has 152 valence electrons. The number of aryl methyl sites for hydroxylation is 1. The van der Waals surface area contributed by atoms with Gasteiger partial charge in [-0.15, -0.1) is 0 Å². The predicted octanol–water partition coefficient (Wildman–Crippen LogP) is 6.87. The molecule has 0 fully saturated rings. The number of benzene rings is 3. The number of ether oxygens (including phenoxy) is 1. The lowest BCUT2D eigenvalue weighted by atomic mass is 9.87. The van der Waals surface area contributed by atoms with E-state index in [1.807, 2.05) is 6.07 Å². The van der Waals surface area contributed by atoms with Crippen molar-refractivity contribution in [3.8, 4) is 5.75 Å². The Morgan fingerprint density at radius 3 is 1.97 bits per heavy atom. The number of hydrogen-bond acceptors (Lipinski definition) is 1. The van der Waals surface area contributed by atoms with Gasteiger partial charge < -0.3 is 4.74 Å². The van der Waals surface area contributed by atoms with Crippen LogP contribution in [0.1, 0.15) is 22.3 Å². The first kappa shape index (κ1) is 20.0. The Labute approximate surface area is 174 Å². The standard InChI is InChI=1S/C26H21F3O/c1-17-7-12-21(15-24(17)27)30-16-18-8-10-20(11-9-18)23-14-13-22(25(28)26(23)29)19-5-3-2-4-6-19/h2-15,25-26H,16H2,1H3. The van der Waals surface area contributed by atoms with Crippen LogP contribution in [0.3, 0.4) is 0 Å². The highest BCUT2D eigenvalue weighted by molar-refractivity contribution is 5.83. The average molecular weight is 406 g/mol. The summed E-state index contributed by atoms with van der Waals surface area (Å²) in [5.74, 6) is 0.129. The maximum atomic E-state index is 14.9. The van der Waals surface area contributed by atoms with E-state index in [1.54, 1.807) is 79.7 Å². The Bertz CT molecular complexity index is 1090. The summed E-state index contributed by atoms with van der Waals surface area (Å²) >= 11 is 0. The fraction of sp³-hybridized carbons (Fsp3) is 0.154. The van der Waals surface area contributed by atoms with E-state index in [1.165, 1.54) is 6.07 Å². The lowest BCUT2D eigenvalue weighted by molar-refractivity contribution is 0.262. The van der Waals surface area contributed by atoms with Crippen LogP contribution in [-0.4, -0.2) is 12.3 Å². The first-order valence-electron chi connectivity index (χ1n) is 9.76. The van der Waals surface area contributed by atoms with Gasteiger partial charge in [-0.1, -0.05) is 72.8 Å². The minimum Gasteiger partial charge on any atom is -0.489 e. The minimum atomic E-state index is -1.73. The van der Waals surface area contributed by atoms with E-state index in [9.17, 15) is 13.2 Å². The monoisotopic (exact) mass is 406 g/mol. The van der Waals surface area contributed by atoms with Crippen LogP contribution in [-0.2, 0) is 6.61 Å². The molecule has 0 bridgehead atoms. The smallest absolute Gasteiger partial charge is 0.161 e. The summed E-state index contributed by atoms with van der Waals surface area (Å²) in [6.07, 6.45) is -0.160. The van der Waals surface area contributed by atoms with Gasteiger partial charge in [0.2, 0.25) is 0 Å². The summed E-state index contributed by atoms with van der Waals surface area (Å²) in [7, 11) is 0. The zero-order valence-corrected chi connectivity index (χ0v) is 16.5. The molecule has 0 amide bonds. The normalized spacial score (nSPS) is 18.5. The molecule has 0 N–H and O–H groups in total. The summed E-state index contributed by atoms with van der Waals surface area (Å²) in [5.41, 5.74) is 3.38. The Hall–Kier alpha value is -3.27. The van der Waals surface area contributed by atoms with Crippen molar-refractivity contribution >= 4 is 11.1 Å². The number of hydrogen-bond donors (Lipinski definition) is 0. The second-order valence-electron chi connectivity index (χ2n) is 7.31. The SMILES string of the molecule is Cc1ccc(OCc2ccc(C3=CC=C(c4ccccc4)C(F)C3F)cc2)cc1F. The Morgan fingerprint density at radius 1 is 0.767 bits per heavy atom. The number of rotatable bonds is 5. The van der Waals surface area contributed by atoms with Crippen LogP contribution in [0.4, 0.5) is 13.2 Å². The third-order valence-corrected chi connectivity index (χ3v) is 5.24. The van der Waals surface area contributed by atoms with Gasteiger partial charge in [0.05, 0.1) is 0 Å². The molecule has 0 saturated carbocycles. The molecule has 3 aromatic carbocycles. The van der Waals surface area contributed by atoms with Gasteiger partial charge in [-0.25, -0.2) is 13.2 Å². The van der Waals surface area contributed by atoms with Crippen molar-refractivity contribution in [3.63, 3.8) is 0 Å². The molecule has 30 heavy (non-hydrogen) atoms. The quantitative estimate of drug-likeness (QED) is 0.449. The van der Waals surface area contributed by atoms with Gasteiger partial charge in [0.1, 0.15) is 18.2 Å². The van der Waals surface area contributed by atoms with Gasteiger partial charge in [0.15, 0.2) is 12.3 Å². The highest BCUT2D eigenvalue weighted by Crippen LogP contribution is 2.36. The molecular weight excluding hydrogens is 385 g/mol. The molecule has 0 heterocycles. The molecular formula is C26H21F3O. The molecule has 4 rings (SSSR count). The van der Waals surface area contributed by atoms with Crippen LogP contribution < -0.4 is 4.74 Å². The van der Waals surface area contributed by atoms with E-state index in [2.05, 4.69) is 0 Å². The third kappa shape index (κ3) is 4.18. The number of allylic oxidation sites excluding steroid dienone is 4. The van der Waals surface area contributed by atoms with Crippen molar-refractivity contribution in [2.75, 3.05) is 0 Å². The van der Waals surface area contributed by atoms with E-state index in [0.717, 1.165) is 5.56 Å². The molecule has 0 spiro atoms. The number of halogens is 3. The Kier molecular flexibility index (Phi) is 5.75. The maximum Gasteiger partial charge on any atom is 0.161 e. The Morgan fingerprint density at radius 2 is 1.37 bits per heavy atom. The fourth-order valence-electron chi connectivity index (χ4n) is 3.44. The molecule has 0 aromatic heterocycles. The summed E-state index contributed by atoms with van der Waals surface area (Å²) in [6, 6.07) is 20.8. The predicted molar refractivity (Wildman–Crippen MR) is 114 cm³/mol. The fourth-order valence-corrected chi connectivity index (χ4v) is 3.44. The van der Waals surface area contributed by atoms with Crippen LogP contribution in [0.5, 0.6) is 5.75 Å². The van der Waals surface area contributed by atoms with Gasteiger partial charge >= 0.3 is 0 Å². The Balaban J connectivity index is 1.48. The maximum absolute atomic E-state index is 14.9. The van der Waals surface area contributed by atoms with Crippen LogP contribution in [0, 0.1) is 12.7 Å². The van der Waals surface area contributed by atoms with Gasteiger partial charge in [0, 0.05) is 6.07 Å². The van der Waals surface area contributed by atoms with Gasteiger partial charge in [-0.2, -0.15) is 0 Å². The van der Waals surface area contributed by atoms with Crippen molar-refractivity contribution in [2.24, 2.45) is 0 Å². The molecule has 3 aromatic rings. The van der Waals surface area contributed by atoms with Crippen molar-refractivity contribution in [2.45, 2.75) is 25.9 Å². The van der Waals surface area contributed by atoms with Crippen molar-refractivity contribution < 1.29 is 17.9 Å². The molecule has 4 heteroatoms. The van der Waals surface area contributed by atoms with E-state index in [-0.39, 0.29) is 12.4 Å². The second-order valence-corrected chi connectivity index (χ2v) is 7.31. The summed E-state index contributed by atoms with van der Waals surface area (Å²) in [4.78, 5) is 0. The van der Waals surface area contributed by atoms with Gasteiger partial charge in [-0.3, -0.25) is 0 Å². The third-order valence-electron chi connectivity index (χ3n) is 5.24. The van der Waals surface area contributed by atoms with Crippen molar-refractivity contribution in [1.29, 1.82) is 0 Å². The van der Waals surface area contributed by atoms with Crippen LogP contribution >= 0.6 is 0 Å². The lowest BCUT2D eigenvalue weighted by Crippen LogP contribution is -2.23. The van der Waals surface area contributed by atoms with Crippen LogP contribution in [0.25, 0.3) is 11.1 Å². The second kappa shape index (κ2) is 8.62. The topological polar surface area (TPSA) is 9.23 Å². The van der Waals surface area contributed by atoms with Gasteiger partial charge in [-0.05, 0) is 46.4 Å². The average Bonchev–Trinajstić information content (AvgIpc) is 2.77. The van der Waals surface area contributed by atoms with Crippen molar-refractivity contribution in [1.82, 2.24) is 0 Å². The molecule has 2 atom stereocenters. The van der Waals surface area contributed by atoms with E-state index >= 15 is 0 Å². The molecule has 1 aliphatic rings. The summed E-state index contributed by atoms with van der Waals surface area (Å²) in [5, 5.41) is 0. The first-order valence-corrected chi connectivity index (χ1v) is 9.76. The summed E-state index contributed by atoms with van der Waals surface area (Å²) in [6.45, 7) is 1.95. The highest BCUT2D eigenvalue weighted by atomic mass is 19.2. The molecule has 0 aliphatic heterocycles. The zero-order chi connectivity index (χ0) is 21.1.